The largest absolute Gasteiger partial charge is 0.362 e. The number of benzene rings is 2. The van der Waals surface area contributed by atoms with E-state index in [0.717, 1.165) is 42.1 Å². The van der Waals surface area contributed by atoms with Crippen molar-refractivity contribution in [3.8, 4) is 0 Å². The van der Waals surface area contributed by atoms with E-state index in [1.165, 1.54) is 14.9 Å². The molecule has 0 atom stereocenters. The smallest absolute Gasteiger partial charge is 0.242 e. The summed E-state index contributed by atoms with van der Waals surface area (Å²) in [4.78, 5) is 8.82. The van der Waals surface area contributed by atoms with Crippen molar-refractivity contribution in [2.24, 2.45) is 0 Å². The molecule has 0 radical (unpaired) electrons. The van der Waals surface area contributed by atoms with Crippen molar-refractivity contribution in [3.63, 3.8) is 0 Å². The number of sulfonamides is 1. The van der Waals surface area contributed by atoms with Crippen LogP contribution in [0.1, 0.15) is 19.2 Å². The molecular formula is C21H26N4O2S2. The number of rotatable bonds is 6. The van der Waals surface area contributed by atoms with Gasteiger partial charge in [0.05, 0.1) is 28.2 Å². The van der Waals surface area contributed by atoms with E-state index in [2.05, 4.69) is 40.7 Å². The van der Waals surface area contributed by atoms with E-state index < -0.39 is 10.0 Å². The van der Waals surface area contributed by atoms with Gasteiger partial charge in [-0.2, -0.15) is 0 Å². The van der Waals surface area contributed by atoms with Crippen LogP contribution in [0.2, 0.25) is 0 Å². The van der Waals surface area contributed by atoms with Crippen LogP contribution in [0.15, 0.2) is 52.3 Å². The van der Waals surface area contributed by atoms with Gasteiger partial charge in [-0.05, 0) is 36.8 Å². The Labute approximate surface area is 176 Å². The third-order valence-electron chi connectivity index (χ3n) is 5.18. The Morgan fingerprint density at radius 2 is 1.97 bits per heavy atom. The minimum absolute atomic E-state index is 0.280. The number of anilines is 1. The Hall–Kier alpha value is -2.03. The summed E-state index contributed by atoms with van der Waals surface area (Å²) in [5.74, 6) is 2.03. The van der Waals surface area contributed by atoms with E-state index >= 15 is 0 Å². The maximum absolute atomic E-state index is 12.5. The highest BCUT2D eigenvalue weighted by atomic mass is 32.2. The van der Waals surface area contributed by atoms with Gasteiger partial charge in [-0.3, -0.25) is 0 Å². The molecule has 0 saturated heterocycles. The molecule has 0 unspecified atom stereocenters. The van der Waals surface area contributed by atoms with Gasteiger partial charge in [0.15, 0.2) is 0 Å². The highest BCUT2D eigenvalue weighted by Gasteiger charge is 2.22. The molecule has 0 amide bonds. The van der Waals surface area contributed by atoms with Crippen LogP contribution in [0, 0.1) is 0 Å². The second-order valence-corrected chi connectivity index (χ2v) is 10.6. The number of imidazole rings is 1. The van der Waals surface area contributed by atoms with E-state index in [0.29, 0.717) is 6.54 Å². The van der Waals surface area contributed by atoms with E-state index in [4.69, 9.17) is 4.98 Å². The summed E-state index contributed by atoms with van der Waals surface area (Å²) in [6.07, 6.45) is 0.989. The predicted octanol–water partition coefficient (Wildman–Crippen LogP) is 3.81. The fraction of sp³-hybridized carbons (Fsp3) is 0.381. The number of fused-ring (bicyclic) bond motifs is 2. The fourth-order valence-corrected chi connectivity index (χ4v) is 5.66. The van der Waals surface area contributed by atoms with Crippen molar-refractivity contribution in [1.82, 2.24) is 13.9 Å². The normalized spacial score (nSPS) is 14.6. The summed E-state index contributed by atoms with van der Waals surface area (Å²) in [6.45, 7) is 4.68. The van der Waals surface area contributed by atoms with Gasteiger partial charge < -0.3 is 9.47 Å². The van der Waals surface area contributed by atoms with Gasteiger partial charge in [-0.15, -0.1) is 11.8 Å². The Morgan fingerprint density at radius 3 is 2.72 bits per heavy atom. The van der Waals surface area contributed by atoms with Gasteiger partial charge in [-0.1, -0.05) is 19.1 Å². The third-order valence-corrected chi connectivity index (χ3v) is 8.04. The van der Waals surface area contributed by atoms with Gasteiger partial charge in [0, 0.05) is 37.8 Å². The first-order valence-electron chi connectivity index (χ1n) is 9.80. The van der Waals surface area contributed by atoms with Crippen molar-refractivity contribution in [2.45, 2.75) is 36.2 Å². The van der Waals surface area contributed by atoms with Gasteiger partial charge >= 0.3 is 0 Å². The summed E-state index contributed by atoms with van der Waals surface area (Å²) in [7, 11) is -0.384. The molecule has 0 aliphatic carbocycles. The lowest BCUT2D eigenvalue weighted by Crippen LogP contribution is -2.30. The molecule has 154 valence electrons. The monoisotopic (exact) mass is 430 g/mol. The molecule has 0 spiro atoms. The molecule has 29 heavy (non-hydrogen) atoms. The zero-order valence-corrected chi connectivity index (χ0v) is 18.6. The van der Waals surface area contributed by atoms with Crippen LogP contribution in [-0.2, 0) is 23.1 Å². The summed E-state index contributed by atoms with van der Waals surface area (Å²) < 4.78 is 28.5. The van der Waals surface area contributed by atoms with Gasteiger partial charge in [0.25, 0.3) is 0 Å². The lowest BCUT2D eigenvalue weighted by atomic mass is 10.2. The Kier molecular flexibility index (Phi) is 5.59. The molecule has 8 heteroatoms. The molecule has 1 aliphatic rings. The number of aromatic nitrogens is 2. The quantitative estimate of drug-likeness (QED) is 0.595. The van der Waals surface area contributed by atoms with Crippen molar-refractivity contribution >= 4 is 38.5 Å². The van der Waals surface area contributed by atoms with E-state index in [9.17, 15) is 8.42 Å². The maximum atomic E-state index is 12.5. The van der Waals surface area contributed by atoms with Crippen LogP contribution in [-0.4, -0.2) is 48.7 Å². The van der Waals surface area contributed by atoms with Crippen molar-refractivity contribution in [1.29, 1.82) is 0 Å². The molecule has 3 aromatic rings. The maximum Gasteiger partial charge on any atom is 0.242 e. The van der Waals surface area contributed by atoms with Crippen LogP contribution >= 0.6 is 11.8 Å². The molecule has 4 rings (SSSR count). The lowest BCUT2D eigenvalue weighted by molar-refractivity contribution is 0.521. The molecule has 1 aliphatic heterocycles. The average molecular weight is 431 g/mol. The van der Waals surface area contributed by atoms with Crippen molar-refractivity contribution < 1.29 is 8.42 Å². The van der Waals surface area contributed by atoms with E-state index in [1.54, 1.807) is 26.2 Å². The predicted molar refractivity (Wildman–Crippen MR) is 119 cm³/mol. The van der Waals surface area contributed by atoms with E-state index in [1.807, 2.05) is 17.8 Å². The number of para-hydroxylation sites is 1. The first-order chi connectivity index (χ1) is 13.9. The second-order valence-electron chi connectivity index (χ2n) is 7.36. The van der Waals surface area contributed by atoms with Crippen LogP contribution < -0.4 is 4.90 Å². The molecule has 0 bridgehead atoms. The minimum atomic E-state index is -3.48. The molecular weight excluding hydrogens is 404 g/mol. The van der Waals surface area contributed by atoms with Gasteiger partial charge in [0.2, 0.25) is 10.0 Å². The average Bonchev–Trinajstić information content (AvgIpc) is 3.05. The summed E-state index contributed by atoms with van der Waals surface area (Å²) in [5.41, 5.74) is 2.96. The zero-order valence-electron chi connectivity index (χ0n) is 17.0. The SMILES string of the molecule is CCCn1c(CN2CCSc3ccccc32)nc2cc(S(=O)(=O)N(C)C)ccc21. The van der Waals surface area contributed by atoms with Gasteiger partial charge in [0.1, 0.15) is 5.82 Å². The zero-order chi connectivity index (χ0) is 20.6. The molecule has 2 heterocycles. The fourth-order valence-electron chi connectivity index (χ4n) is 3.69. The lowest BCUT2D eigenvalue weighted by Gasteiger charge is -2.30. The van der Waals surface area contributed by atoms with Crippen LogP contribution in [0.3, 0.4) is 0 Å². The third kappa shape index (κ3) is 3.76. The van der Waals surface area contributed by atoms with Crippen molar-refractivity contribution in [3.05, 3.63) is 48.3 Å². The molecule has 0 fully saturated rings. The first kappa shape index (κ1) is 20.3. The number of hydrogen-bond acceptors (Lipinski definition) is 5. The Bertz CT molecular complexity index is 1140. The highest BCUT2D eigenvalue weighted by Crippen LogP contribution is 2.35. The van der Waals surface area contributed by atoms with Gasteiger partial charge in [-0.25, -0.2) is 17.7 Å². The molecule has 1 aromatic heterocycles. The molecule has 0 N–H and O–H groups in total. The number of thioether (sulfide) groups is 1. The minimum Gasteiger partial charge on any atom is -0.362 e. The molecule has 2 aromatic carbocycles. The van der Waals surface area contributed by atoms with E-state index in [-0.39, 0.29) is 4.90 Å². The topological polar surface area (TPSA) is 58.4 Å². The molecule has 0 saturated carbocycles. The second kappa shape index (κ2) is 8.01. The Morgan fingerprint density at radius 1 is 1.17 bits per heavy atom. The number of hydrogen-bond donors (Lipinski definition) is 0. The summed E-state index contributed by atoms with van der Waals surface area (Å²) in [6, 6.07) is 13.7. The number of aryl methyl sites for hydroxylation is 1. The van der Waals surface area contributed by atoms with Crippen LogP contribution in [0.4, 0.5) is 5.69 Å². The number of nitrogens with zero attached hydrogens (tertiary/aromatic N) is 4. The van der Waals surface area contributed by atoms with Crippen LogP contribution in [0.25, 0.3) is 11.0 Å². The Balaban J connectivity index is 1.75. The first-order valence-corrected chi connectivity index (χ1v) is 12.2. The standard InChI is InChI=1S/C21H26N4O2S2/c1-4-11-25-18-10-9-16(29(26,27)23(2)3)14-17(18)22-21(25)15-24-12-13-28-20-8-6-5-7-19(20)24/h5-10,14H,4,11-13,15H2,1-3H3. The highest BCUT2D eigenvalue weighted by molar-refractivity contribution is 7.99. The summed E-state index contributed by atoms with van der Waals surface area (Å²) in [5, 5.41) is 0. The van der Waals surface area contributed by atoms with Crippen molar-refractivity contribution in [2.75, 3.05) is 31.3 Å². The van der Waals surface area contributed by atoms with Crippen LogP contribution in [0.5, 0.6) is 0 Å². The molecule has 6 nitrogen and oxygen atoms in total. The summed E-state index contributed by atoms with van der Waals surface area (Å²) >= 11 is 1.89.